The van der Waals surface area contributed by atoms with Crippen molar-refractivity contribution in [3.05, 3.63) is 34.6 Å². The summed E-state index contributed by atoms with van der Waals surface area (Å²) in [4.78, 5) is 4.61. The number of benzene rings is 1. The maximum absolute atomic E-state index is 13.5. The third kappa shape index (κ3) is 3.70. The van der Waals surface area contributed by atoms with Crippen molar-refractivity contribution < 1.29 is 4.39 Å². The monoisotopic (exact) mass is 299 g/mol. The van der Waals surface area contributed by atoms with E-state index in [0.717, 1.165) is 31.6 Å². The van der Waals surface area contributed by atoms with E-state index in [4.69, 9.17) is 17.3 Å². The predicted molar refractivity (Wildman–Crippen MR) is 81.6 cm³/mol. The fourth-order valence-electron chi connectivity index (χ4n) is 2.86. The molecule has 0 aromatic heterocycles. The van der Waals surface area contributed by atoms with Crippen molar-refractivity contribution in [2.75, 3.05) is 33.7 Å². The largest absolute Gasteiger partial charge is 0.326 e. The molecular weight excluding hydrogens is 277 g/mol. The Balaban J connectivity index is 2.09. The second kappa shape index (κ2) is 6.85. The van der Waals surface area contributed by atoms with Crippen LogP contribution >= 0.6 is 11.6 Å². The third-order valence-corrected chi connectivity index (χ3v) is 4.52. The van der Waals surface area contributed by atoms with Crippen LogP contribution in [0.1, 0.15) is 12.0 Å². The Kier molecular flexibility index (Phi) is 5.38. The van der Waals surface area contributed by atoms with Gasteiger partial charge < -0.3 is 15.5 Å². The van der Waals surface area contributed by atoms with Gasteiger partial charge in [-0.2, -0.15) is 0 Å². The molecule has 1 aliphatic rings. The van der Waals surface area contributed by atoms with Crippen molar-refractivity contribution in [2.24, 2.45) is 5.73 Å². The van der Waals surface area contributed by atoms with Crippen molar-refractivity contribution in [1.82, 2.24) is 9.80 Å². The van der Waals surface area contributed by atoms with Crippen molar-refractivity contribution >= 4 is 11.6 Å². The molecule has 1 saturated heterocycles. The van der Waals surface area contributed by atoms with E-state index < -0.39 is 0 Å². The molecule has 0 spiro atoms. The minimum Gasteiger partial charge on any atom is -0.326 e. The molecule has 0 saturated carbocycles. The number of rotatable bonds is 3. The first-order valence-corrected chi connectivity index (χ1v) is 7.44. The van der Waals surface area contributed by atoms with E-state index in [1.54, 1.807) is 6.07 Å². The molecule has 0 radical (unpaired) electrons. The smallest absolute Gasteiger partial charge is 0.142 e. The lowest BCUT2D eigenvalue weighted by Crippen LogP contribution is -2.51. The highest BCUT2D eigenvalue weighted by atomic mass is 35.5. The number of likely N-dealkylation sites (N-methyl/N-ethyl adjacent to an activating group) is 2. The van der Waals surface area contributed by atoms with Gasteiger partial charge >= 0.3 is 0 Å². The molecule has 1 aromatic rings. The molecular formula is C15H23ClFN3. The van der Waals surface area contributed by atoms with Crippen LogP contribution in [0.25, 0.3) is 0 Å². The summed E-state index contributed by atoms with van der Waals surface area (Å²) in [5, 5.41) is 0.201. The third-order valence-electron chi connectivity index (χ3n) is 4.10. The summed E-state index contributed by atoms with van der Waals surface area (Å²) >= 11 is 6.02. The summed E-state index contributed by atoms with van der Waals surface area (Å²) in [5.41, 5.74) is 7.16. The Morgan fingerprint density at radius 2 is 2.15 bits per heavy atom. The van der Waals surface area contributed by atoms with E-state index in [1.165, 1.54) is 6.07 Å². The molecule has 0 aliphatic carbocycles. The molecule has 3 nitrogen and oxygen atoms in total. The van der Waals surface area contributed by atoms with Crippen molar-refractivity contribution in [2.45, 2.75) is 24.9 Å². The van der Waals surface area contributed by atoms with E-state index in [1.807, 2.05) is 6.07 Å². The van der Waals surface area contributed by atoms with Gasteiger partial charge in [0, 0.05) is 18.6 Å². The van der Waals surface area contributed by atoms with Crippen LogP contribution in [-0.4, -0.2) is 55.6 Å². The SMILES string of the molecule is CN1CCCN(C)C(C(N)Cc2cccc(F)c2Cl)C1. The zero-order valence-electron chi connectivity index (χ0n) is 12.1. The molecule has 1 heterocycles. The summed E-state index contributed by atoms with van der Waals surface area (Å²) in [6.07, 6.45) is 1.75. The van der Waals surface area contributed by atoms with Gasteiger partial charge in [-0.15, -0.1) is 0 Å². The Morgan fingerprint density at radius 3 is 2.90 bits per heavy atom. The Bertz CT molecular complexity index is 455. The van der Waals surface area contributed by atoms with Gasteiger partial charge in [-0.05, 0) is 51.7 Å². The van der Waals surface area contributed by atoms with Gasteiger partial charge in [-0.25, -0.2) is 4.39 Å². The zero-order valence-corrected chi connectivity index (χ0v) is 12.9. The molecule has 2 N–H and O–H groups in total. The number of hydrogen-bond donors (Lipinski definition) is 1. The van der Waals surface area contributed by atoms with Gasteiger partial charge in [0.1, 0.15) is 5.82 Å². The quantitative estimate of drug-likeness (QED) is 0.926. The first kappa shape index (κ1) is 15.7. The highest BCUT2D eigenvalue weighted by Gasteiger charge is 2.26. The average Bonchev–Trinajstić information content (AvgIpc) is 2.57. The summed E-state index contributed by atoms with van der Waals surface area (Å²) in [7, 11) is 4.23. The summed E-state index contributed by atoms with van der Waals surface area (Å²) < 4.78 is 13.5. The van der Waals surface area contributed by atoms with Crippen LogP contribution in [0, 0.1) is 5.82 Å². The van der Waals surface area contributed by atoms with Crippen LogP contribution < -0.4 is 5.73 Å². The topological polar surface area (TPSA) is 32.5 Å². The van der Waals surface area contributed by atoms with Crippen LogP contribution in [0.5, 0.6) is 0 Å². The molecule has 112 valence electrons. The van der Waals surface area contributed by atoms with E-state index in [-0.39, 0.29) is 22.9 Å². The van der Waals surface area contributed by atoms with E-state index in [2.05, 4.69) is 23.9 Å². The first-order chi connectivity index (χ1) is 9.49. The van der Waals surface area contributed by atoms with Crippen LogP contribution in [0.4, 0.5) is 4.39 Å². The van der Waals surface area contributed by atoms with Gasteiger partial charge in [0.25, 0.3) is 0 Å². The van der Waals surface area contributed by atoms with Crippen LogP contribution in [0.2, 0.25) is 5.02 Å². The van der Waals surface area contributed by atoms with E-state index in [9.17, 15) is 4.39 Å². The number of halogens is 2. The van der Waals surface area contributed by atoms with Gasteiger partial charge in [-0.1, -0.05) is 23.7 Å². The fraction of sp³-hybridized carbons (Fsp3) is 0.600. The fourth-order valence-corrected chi connectivity index (χ4v) is 3.07. The average molecular weight is 300 g/mol. The van der Waals surface area contributed by atoms with Crippen molar-refractivity contribution in [3.63, 3.8) is 0 Å². The molecule has 1 aliphatic heterocycles. The second-order valence-electron chi connectivity index (χ2n) is 5.74. The molecule has 2 unspecified atom stereocenters. The number of nitrogens with two attached hydrogens (primary N) is 1. The maximum atomic E-state index is 13.5. The highest BCUT2D eigenvalue weighted by molar-refractivity contribution is 6.31. The summed E-state index contributed by atoms with van der Waals surface area (Å²) in [6, 6.07) is 5.13. The lowest BCUT2D eigenvalue weighted by Gasteiger charge is -2.32. The molecule has 20 heavy (non-hydrogen) atoms. The number of hydrogen-bond acceptors (Lipinski definition) is 3. The normalized spacial score (nSPS) is 23.6. The minimum absolute atomic E-state index is 0.0557. The Hall–Kier alpha value is -0.680. The second-order valence-corrected chi connectivity index (χ2v) is 6.12. The van der Waals surface area contributed by atoms with Crippen LogP contribution in [0.15, 0.2) is 18.2 Å². The van der Waals surface area contributed by atoms with Gasteiger partial charge in [-0.3, -0.25) is 0 Å². The molecule has 5 heteroatoms. The highest BCUT2D eigenvalue weighted by Crippen LogP contribution is 2.22. The molecule has 1 fully saturated rings. The summed E-state index contributed by atoms with van der Waals surface area (Å²) in [6.45, 7) is 3.07. The number of nitrogens with zero attached hydrogens (tertiary/aromatic N) is 2. The Morgan fingerprint density at radius 1 is 1.40 bits per heavy atom. The zero-order chi connectivity index (χ0) is 14.7. The maximum Gasteiger partial charge on any atom is 0.142 e. The Labute approximate surface area is 125 Å². The minimum atomic E-state index is -0.372. The van der Waals surface area contributed by atoms with Crippen molar-refractivity contribution in [3.8, 4) is 0 Å². The van der Waals surface area contributed by atoms with Crippen LogP contribution in [-0.2, 0) is 6.42 Å². The van der Waals surface area contributed by atoms with Crippen molar-refractivity contribution in [1.29, 1.82) is 0 Å². The molecule has 0 amide bonds. The van der Waals surface area contributed by atoms with Crippen LogP contribution in [0.3, 0.4) is 0 Å². The van der Waals surface area contributed by atoms with Gasteiger partial charge in [0.15, 0.2) is 0 Å². The lowest BCUT2D eigenvalue weighted by atomic mass is 9.99. The first-order valence-electron chi connectivity index (χ1n) is 7.06. The lowest BCUT2D eigenvalue weighted by molar-refractivity contribution is 0.195. The van der Waals surface area contributed by atoms with E-state index in [0.29, 0.717) is 6.42 Å². The van der Waals surface area contributed by atoms with E-state index >= 15 is 0 Å². The molecule has 2 rings (SSSR count). The summed E-state index contributed by atoms with van der Waals surface area (Å²) in [5.74, 6) is -0.372. The van der Waals surface area contributed by atoms with Gasteiger partial charge in [0.05, 0.1) is 5.02 Å². The molecule has 0 bridgehead atoms. The molecule has 2 atom stereocenters. The van der Waals surface area contributed by atoms with Gasteiger partial charge in [0.2, 0.25) is 0 Å². The standard InChI is InChI=1S/C15H23ClFN3/c1-19-7-4-8-20(2)14(10-19)13(18)9-11-5-3-6-12(17)15(11)16/h3,5-6,13-14H,4,7-10,18H2,1-2H3. The molecule has 1 aromatic carbocycles. The predicted octanol–water partition coefficient (Wildman–Crippen LogP) is 1.98.